The lowest BCUT2D eigenvalue weighted by Gasteiger charge is -2.25. The van der Waals surface area contributed by atoms with E-state index in [4.69, 9.17) is 27.5 Å². The lowest BCUT2D eigenvalue weighted by Crippen LogP contribution is -2.28. The summed E-state index contributed by atoms with van der Waals surface area (Å²) in [7, 11) is 0. The summed E-state index contributed by atoms with van der Waals surface area (Å²) in [4.78, 5) is 0. The molecule has 1 fully saturated rings. The van der Waals surface area contributed by atoms with Gasteiger partial charge in [-0.05, 0) is 37.5 Å². The second kappa shape index (κ2) is 6.18. The first-order chi connectivity index (χ1) is 8.70. The van der Waals surface area contributed by atoms with Crippen LogP contribution in [0, 0.1) is 5.41 Å². The van der Waals surface area contributed by atoms with Crippen LogP contribution >= 0.6 is 11.6 Å². The third-order valence-corrected chi connectivity index (χ3v) is 3.24. The van der Waals surface area contributed by atoms with Crippen LogP contribution in [0.2, 0.25) is 5.02 Å². The number of hydrogen-bond acceptors (Lipinski definition) is 4. The summed E-state index contributed by atoms with van der Waals surface area (Å²) in [5, 5.41) is 11.8. The van der Waals surface area contributed by atoms with Crippen molar-refractivity contribution in [2.24, 2.45) is 5.73 Å². The van der Waals surface area contributed by atoms with Crippen LogP contribution in [0.5, 0.6) is 0 Å². The zero-order valence-corrected chi connectivity index (χ0v) is 11.0. The molecule has 0 aliphatic carbocycles. The molecule has 1 aliphatic heterocycles. The van der Waals surface area contributed by atoms with Gasteiger partial charge in [0, 0.05) is 29.4 Å². The van der Waals surface area contributed by atoms with Crippen LogP contribution in [-0.4, -0.2) is 25.1 Å². The van der Waals surface area contributed by atoms with E-state index in [1.54, 1.807) is 12.1 Å². The average molecular weight is 268 g/mol. The molecule has 1 aromatic rings. The molecule has 0 aromatic heterocycles. The molecule has 0 radical (unpaired) electrons. The van der Waals surface area contributed by atoms with E-state index < -0.39 is 0 Å². The van der Waals surface area contributed by atoms with Crippen LogP contribution in [-0.2, 0) is 4.74 Å². The van der Waals surface area contributed by atoms with Crippen molar-refractivity contribution < 1.29 is 4.74 Å². The third-order valence-electron chi connectivity index (χ3n) is 3.01. The predicted molar refractivity (Wildman–Crippen MR) is 74.5 cm³/mol. The van der Waals surface area contributed by atoms with Gasteiger partial charge < -0.3 is 21.2 Å². The Kier molecular flexibility index (Phi) is 4.58. The molecule has 0 saturated carbocycles. The minimum Gasteiger partial charge on any atom is -0.360 e. The average Bonchev–Trinajstić information content (AvgIpc) is 2.41. The number of halogens is 1. The number of rotatable bonds is 4. The first-order valence-electron chi connectivity index (χ1n) is 6.16. The van der Waals surface area contributed by atoms with Gasteiger partial charge in [0.05, 0.1) is 5.71 Å². The van der Waals surface area contributed by atoms with Gasteiger partial charge in [0.1, 0.15) is 6.23 Å². The summed E-state index contributed by atoms with van der Waals surface area (Å²) < 4.78 is 5.63. The number of nitrogens with one attached hydrogen (secondary N) is 2. The highest BCUT2D eigenvalue weighted by molar-refractivity contribution is 6.31. The van der Waals surface area contributed by atoms with Gasteiger partial charge in [-0.3, -0.25) is 0 Å². The largest absolute Gasteiger partial charge is 0.360 e. The van der Waals surface area contributed by atoms with Crippen molar-refractivity contribution in [3.05, 3.63) is 28.8 Å². The first-order valence-corrected chi connectivity index (χ1v) is 6.54. The molecule has 0 bridgehead atoms. The zero-order chi connectivity index (χ0) is 13.0. The van der Waals surface area contributed by atoms with Crippen LogP contribution in [0.25, 0.3) is 0 Å². The standard InChI is InChI=1S/C13H18ClN3O/c14-9-4-5-12(10(7-9)11(16)8-15)17-13-3-1-2-6-18-13/h4-5,7,13,16-17H,1-3,6,8,15H2. The maximum Gasteiger partial charge on any atom is 0.127 e. The Hall–Kier alpha value is -1.10. The maximum absolute atomic E-state index is 7.87. The van der Waals surface area contributed by atoms with Gasteiger partial charge in [-0.1, -0.05) is 11.6 Å². The highest BCUT2D eigenvalue weighted by atomic mass is 35.5. The van der Waals surface area contributed by atoms with E-state index in [1.807, 2.05) is 6.07 Å². The van der Waals surface area contributed by atoms with Gasteiger partial charge in [-0.25, -0.2) is 0 Å². The number of ether oxygens (including phenoxy) is 1. The van der Waals surface area contributed by atoms with Gasteiger partial charge >= 0.3 is 0 Å². The normalized spacial score (nSPS) is 19.6. The van der Waals surface area contributed by atoms with Crippen molar-refractivity contribution >= 4 is 23.0 Å². The zero-order valence-electron chi connectivity index (χ0n) is 10.2. The van der Waals surface area contributed by atoms with Gasteiger partial charge in [-0.15, -0.1) is 0 Å². The Morgan fingerprint density at radius 2 is 2.33 bits per heavy atom. The molecule has 98 valence electrons. The molecule has 1 atom stereocenters. The second-order valence-electron chi connectivity index (χ2n) is 4.37. The van der Waals surface area contributed by atoms with E-state index >= 15 is 0 Å². The van der Waals surface area contributed by atoms with Crippen LogP contribution < -0.4 is 11.1 Å². The molecule has 1 heterocycles. The summed E-state index contributed by atoms with van der Waals surface area (Å²) in [6, 6.07) is 5.45. The topological polar surface area (TPSA) is 71.1 Å². The van der Waals surface area contributed by atoms with Gasteiger partial charge in [0.2, 0.25) is 0 Å². The van der Waals surface area contributed by atoms with Crippen LogP contribution in [0.15, 0.2) is 18.2 Å². The Labute approximate surface area is 112 Å². The molecule has 2 rings (SSSR count). The van der Waals surface area contributed by atoms with E-state index in [-0.39, 0.29) is 12.8 Å². The molecule has 5 heteroatoms. The Bertz CT molecular complexity index is 430. The molecular formula is C13H18ClN3O. The minimum absolute atomic E-state index is 0.0178. The third kappa shape index (κ3) is 3.22. The molecule has 4 N–H and O–H groups in total. The molecule has 1 aromatic carbocycles. The molecule has 0 spiro atoms. The molecule has 0 amide bonds. The SMILES string of the molecule is N=C(CN)c1cc(Cl)ccc1NC1CCCCO1. The number of anilines is 1. The first kappa shape index (κ1) is 13.3. The van der Waals surface area contributed by atoms with Crippen molar-refractivity contribution in [3.8, 4) is 0 Å². The fourth-order valence-electron chi connectivity index (χ4n) is 2.03. The molecule has 1 saturated heterocycles. The Morgan fingerprint density at radius 3 is 3.00 bits per heavy atom. The number of benzene rings is 1. The Balaban J connectivity index is 2.17. The van der Waals surface area contributed by atoms with Crippen molar-refractivity contribution in [2.45, 2.75) is 25.5 Å². The number of nitrogens with two attached hydrogens (primary N) is 1. The molecule has 4 nitrogen and oxygen atoms in total. The quantitative estimate of drug-likeness (QED) is 0.735. The van der Waals surface area contributed by atoms with Gasteiger partial charge in [-0.2, -0.15) is 0 Å². The smallest absolute Gasteiger partial charge is 0.127 e. The summed E-state index contributed by atoms with van der Waals surface area (Å²) in [6.07, 6.45) is 3.28. The summed E-state index contributed by atoms with van der Waals surface area (Å²) in [6.45, 7) is 0.982. The van der Waals surface area contributed by atoms with Crippen molar-refractivity contribution in [1.82, 2.24) is 0 Å². The number of hydrogen-bond donors (Lipinski definition) is 3. The molecular weight excluding hydrogens is 250 g/mol. The summed E-state index contributed by atoms with van der Waals surface area (Å²) in [5.41, 5.74) is 7.51. The van der Waals surface area contributed by atoms with Gasteiger partial charge in [0.25, 0.3) is 0 Å². The van der Waals surface area contributed by atoms with Crippen molar-refractivity contribution in [1.29, 1.82) is 5.41 Å². The van der Waals surface area contributed by atoms with E-state index in [0.717, 1.165) is 37.1 Å². The highest BCUT2D eigenvalue weighted by Crippen LogP contribution is 2.24. The van der Waals surface area contributed by atoms with E-state index in [9.17, 15) is 0 Å². The van der Waals surface area contributed by atoms with E-state index in [0.29, 0.717) is 10.7 Å². The van der Waals surface area contributed by atoms with E-state index in [1.165, 1.54) is 0 Å². The molecule has 1 unspecified atom stereocenters. The summed E-state index contributed by atoms with van der Waals surface area (Å²) >= 11 is 5.96. The van der Waals surface area contributed by atoms with Crippen LogP contribution in [0.1, 0.15) is 24.8 Å². The summed E-state index contributed by atoms with van der Waals surface area (Å²) in [5.74, 6) is 0. The maximum atomic E-state index is 7.87. The predicted octanol–water partition coefficient (Wildman–Crippen LogP) is 2.61. The van der Waals surface area contributed by atoms with Crippen LogP contribution in [0.3, 0.4) is 0 Å². The monoisotopic (exact) mass is 267 g/mol. The lowest BCUT2D eigenvalue weighted by atomic mass is 10.1. The Morgan fingerprint density at radius 1 is 1.50 bits per heavy atom. The van der Waals surface area contributed by atoms with Crippen LogP contribution in [0.4, 0.5) is 5.69 Å². The lowest BCUT2D eigenvalue weighted by molar-refractivity contribution is 0.0343. The van der Waals surface area contributed by atoms with Crippen molar-refractivity contribution in [2.75, 3.05) is 18.5 Å². The fraction of sp³-hybridized carbons (Fsp3) is 0.462. The minimum atomic E-state index is 0.0178. The fourth-order valence-corrected chi connectivity index (χ4v) is 2.20. The van der Waals surface area contributed by atoms with Gasteiger partial charge in [0.15, 0.2) is 0 Å². The molecule has 1 aliphatic rings. The highest BCUT2D eigenvalue weighted by Gasteiger charge is 2.16. The second-order valence-corrected chi connectivity index (χ2v) is 4.81. The molecule has 18 heavy (non-hydrogen) atoms. The van der Waals surface area contributed by atoms with E-state index in [2.05, 4.69) is 5.32 Å². The van der Waals surface area contributed by atoms with Crippen molar-refractivity contribution in [3.63, 3.8) is 0 Å².